The minimum atomic E-state index is 0.146. The predicted molar refractivity (Wildman–Crippen MR) is 153 cm³/mol. The minimum absolute atomic E-state index is 0.146. The van der Waals surface area contributed by atoms with Crippen LogP contribution in [0.2, 0.25) is 0 Å². The van der Waals surface area contributed by atoms with E-state index < -0.39 is 0 Å². The molecule has 0 N–H and O–H groups in total. The summed E-state index contributed by atoms with van der Waals surface area (Å²) >= 11 is 0. The standard InChI is InChI=1S/C33H41N3O/c1-34(2)29-19-17-28(18-20-29)33(37)36(25-26-11-5-3-6-12-26)30-21-23-35(24-22-30)32-16-10-9-15-31(32)27-13-7-4-8-14-27/h3-8,11-14,17-20,30-32H,9-10,15-16,21-25H2,1-2H3/t31-,32-/m1/s1. The second-order valence-electron chi connectivity index (χ2n) is 11.0. The second-order valence-corrected chi connectivity index (χ2v) is 11.0. The lowest BCUT2D eigenvalue weighted by molar-refractivity contribution is 0.0432. The van der Waals surface area contributed by atoms with Gasteiger partial charge in [-0.2, -0.15) is 0 Å². The Kier molecular flexibility index (Phi) is 8.25. The smallest absolute Gasteiger partial charge is 0.254 e. The van der Waals surface area contributed by atoms with Crippen molar-refractivity contribution >= 4 is 11.6 Å². The topological polar surface area (TPSA) is 26.8 Å². The molecule has 2 atom stereocenters. The number of hydrogen-bond acceptors (Lipinski definition) is 3. The van der Waals surface area contributed by atoms with Gasteiger partial charge in [0.25, 0.3) is 5.91 Å². The number of benzene rings is 3. The molecule has 4 nitrogen and oxygen atoms in total. The molecule has 5 rings (SSSR count). The summed E-state index contributed by atoms with van der Waals surface area (Å²) in [6.07, 6.45) is 7.30. The molecule has 3 aromatic carbocycles. The summed E-state index contributed by atoms with van der Waals surface area (Å²) in [4.78, 5) is 20.8. The van der Waals surface area contributed by atoms with E-state index >= 15 is 0 Å². The molecule has 1 heterocycles. The molecule has 2 fully saturated rings. The molecule has 0 radical (unpaired) electrons. The van der Waals surface area contributed by atoms with Gasteiger partial charge in [0, 0.05) is 57.1 Å². The molecule has 194 valence electrons. The van der Waals surface area contributed by atoms with E-state index in [1.54, 1.807) is 0 Å². The Morgan fingerprint density at radius 3 is 2.05 bits per heavy atom. The Morgan fingerprint density at radius 2 is 1.41 bits per heavy atom. The van der Waals surface area contributed by atoms with Crippen molar-refractivity contribution in [1.82, 2.24) is 9.80 Å². The quantitative estimate of drug-likeness (QED) is 0.370. The van der Waals surface area contributed by atoms with Gasteiger partial charge in [0.05, 0.1) is 0 Å². The molecule has 0 unspecified atom stereocenters. The van der Waals surface area contributed by atoms with Crippen LogP contribution in [0.4, 0.5) is 5.69 Å². The number of rotatable bonds is 7. The van der Waals surface area contributed by atoms with Gasteiger partial charge >= 0.3 is 0 Å². The fraction of sp³-hybridized carbons (Fsp3) is 0.424. The van der Waals surface area contributed by atoms with Crippen LogP contribution in [-0.4, -0.2) is 55.0 Å². The van der Waals surface area contributed by atoms with Crippen LogP contribution in [0.3, 0.4) is 0 Å². The van der Waals surface area contributed by atoms with Crippen LogP contribution >= 0.6 is 0 Å². The van der Waals surface area contributed by atoms with Gasteiger partial charge in [0.2, 0.25) is 0 Å². The molecule has 37 heavy (non-hydrogen) atoms. The molecule has 2 aliphatic rings. The fourth-order valence-electron chi connectivity index (χ4n) is 6.38. The molecule has 3 aromatic rings. The number of anilines is 1. The van der Waals surface area contributed by atoms with Crippen molar-refractivity contribution < 1.29 is 4.79 Å². The number of carbonyl (C=O) groups excluding carboxylic acids is 1. The normalized spacial score (nSPS) is 20.9. The molecule has 1 amide bonds. The average Bonchev–Trinajstić information content (AvgIpc) is 2.97. The number of piperidine rings is 1. The molecule has 1 saturated heterocycles. The van der Waals surface area contributed by atoms with Crippen molar-refractivity contribution in [3.63, 3.8) is 0 Å². The highest BCUT2D eigenvalue weighted by molar-refractivity contribution is 5.94. The van der Waals surface area contributed by atoms with E-state index in [2.05, 4.69) is 69.3 Å². The first kappa shape index (κ1) is 25.5. The minimum Gasteiger partial charge on any atom is -0.378 e. The molecule has 1 aliphatic heterocycles. The SMILES string of the molecule is CN(C)c1ccc(C(=O)N(Cc2ccccc2)C2CCN([C@@H]3CCCC[C@@H]3c3ccccc3)CC2)cc1. The lowest BCUT2D eigenvalue weighted by atomic mass is 9.78. The molecule has 0 spiro atoms. The molecule has 1 aliphatic carbocycles. The van der Waals surface area contributed by atoms with Gasteiger partial charge < -0.3 is 9.80 Å². The van der Waals surface area contributed by atoms with Gasteiger partial charge in [-0.3, -0.25) is 9.69 Å². The Morgan fingerprint density at radius 1 is 0.784 bits per heavy atom. The third kappa shape index (κ3) is 6.07. The van der Waals surface area contributed by atoms with E-state index in [-0.39, 0.29) is 11.9 Å². The van der Waals surface area contributed by atoms with Crippen molar-refractivity contribution in [2.45, 2.75) is 63.1 Å². The van der Waals surface area contributed by atoms with Crippen molar-refractivity contribution in [2.75, 3.05) is 32.1 Å². The van der Waals surface area contributed by atoms with Crippen molar-refractivity contribution in [3.8, 4) is 0 Å². The van der Waals surface area contributed by atoms with Gasteiger partial charge in [0.15, 0.2) is 0 Å². The number of likely N-dealkylation sites (tertiary alicyclic amines) is 1. The summed E-state index contributed by atoms with van der Waals surface area (Å²) < 4.78 is 0. The Balaban J connectivity index is 1.31. The zero-order chi connectivity index (χ0) is 25.6. The zero-order valence-electron chi connectivity index (χ0n) is 22.4. The highest BCUT2D eigenvalue weighted by atomic mass is 16.2. The Bertz CT molecular complexity index is 1120. The Labute approximate surface area is 222 Å². The number of carbonyl (C=O) groups is 1. The van der Waals surface area contributed by atoms with Gasteiger partial charge in [-0.05, 0) is 67.0 Å². The number of amides is 1. The van der Waals surface area contributed by atoms with Crippen LogP contribution < -0.4 is 4.90 Å². The monoisotopic (exact) mass is 495 g/mol. The van der Waals surface area contributed by atoms with E-state index in [1.165, 1.54) is 36.8 Å². The third-order valence-corrected chi connectivity index (χ3v) is 8.45. The molecule has 4 heteroatoms. The fourth-order valence-corrected chi connectivity index (χ4v) is 6.38. The van der Waals surface area contributed by atoms with Crippen LogP contribution in [0.1, 0.15) is 65.9 Å². The average molecular weight is 496 g/mol. The van der Waals surface area contributed by atoms with Gasteiger partial charge in [-0.25, -0.2) is 0 Å². The van der Waals surface area contributed by atoms with Gasteiger partial charge in [-0.15, -0.1) is 0 Å². The van der Waals surface area contributed by atoms with E-state index in [4.69, 9.17) is 0 Å². The summed E-state index contributed by atoms with van der Waals surface area (Å²) in [6, 6.07) is 30.5. The summed E-state index contributed by atoms with van der Waals surface area (Å²) in [5.74, 6) is 0.774. The maximum atomic E-state index is 13.8. The lowest BCUT2D eigenvalue weighted by Gasteiger charge is -2.45. The van der Waals surface area contributed by atoms with Crippen LogP contribution in [0, 0.1) is 0 Å². The molecular weight excluding hydrogens is 454 g/mol. The van der Waals surface area contributed by atoms with E-state index in [0.717, 1.165) is 37.2 Å². The van der Waals surface area contributed by atoms with Crippen LogP contribution in [0.5, 0.6) is 0 Å². The maximum absolute atomic E-state index is 13.8. The second kappa shape index (κ2) is 12.0. The first-order valence-electron chi connectivity index (χ1n) is 14.0. The molecule has 1 saturated carbocycles. The molecule has 0 bridgehead atoms. The van der Waals surface area contributed by atoms with E-state index in [9.17, 15) is 4.79 Å². The largest absolute Gasteiger partial charge is 0.378 e. The number of nitrogens with zero attached hydrogens (tertiary/aromatic N) is 3. The van der Waals surface area contributed by atoms with Gasteiger partial charge in [-0.1, -0.05) is 73.5 Å². The first-order chi connectivity index (χ1) is 18.1. The maximum Gasteiger partial charge on any atom is 0.254 e. The Hall–Kier alpha value is -3.11. The highest BCUT2D eigenvalue weighted by Gasteiger charge is 2.35. The summed E-state index contributed by atoms with van der Waals surface area (Å²) in [5.41, 5.74) is 4.58. The predicted octanol–water partition coefficient (Wildman–Crippen LogP) is 6.59. The van der Waals surface area contributed by atoms with E-state index in [0.29, 0.717) is 18.5 Å². The van der Waals surface area contributed by atoms with Crippen molar-refractivity contribution in [2.24, 2.45) is 0 Å². The van der Waals surface area contributed by atoms with Crippen molar-refractivity contribution in [3.05, 3.63) is 102 Å². The van der Waals surface area contributed by atoms with Crippen LogP contribution in [-0.2, 0) is 6.54 Å². The van der Waals surface area contributed by atoms with Crippen molar-refractivity contribution in [1.29, 1.82) is 0 Å². The summed E-state index contributed by atoms with van der Waals surface area (Å²) in [6.45, 7) is 2.80. The first-order valence-corrected chi connectivity index (χ1v) is 14.0. The highest BCUT2D eigenvalue weighted by Crippen LogP contribution is 2.37. The van der Waals surface area contributed by atoms with Crippen LogP contribution in [0.25, 0.3) is 0 Å². The van der Waals surface area contributed by atoms with Gasteiger partial charge in [0.1, 0.15) is 0 Å². The van der Waals surface area contributed by atoms with E-state index in [1.807, 2.05) is 44.4 Å². The third-order valence-electron chi connectivity index (χ3n) is 8.45. The summed E-state index contributed by atoms with van der Waals surface area (Å²) in [7, 11) is 4.06. The van der Waals surface area contributed by atoms with Crippen LogP contribution in [0.15, 0.2) is 84.9 Å². The zero-order valence-corrected chi connectivity index (χ0v) is 22.4. The molecule has 0 aromatic heterocycles. The number of hydrogen-bond donors (Lipinski definition) is 0. The molecular formula is C33H41N3O. The summed E-state index contributed by atoms with van der Waals surface area (Å²) in [5, 5.41) is 0. The lowest BCUT2D eigenvalue weighted by Crippen LogP contribution is -2.51.